The molecule has 0 saturated heterocycles. The van der Waals surface area contributed by atoms with Gasteiger partial charge in [-0.1, -0.05) is 26.2 Å². The van der Waals surface area contributed by atoms with E-state index in [1.165, 1.54) is 32.1 Å². The first-order valence-electron chi connectivity index (χ1n) is 8.81. The molecule has 0 radical (unpaired) electrons. The molecule has 0 aromatic heterocycles. The van der Waals surface area contributed by atoms with Gasteiger partial charge in [0.2, 0.25) is 0 Å². The van der Waals surface area contributed by atoms with Crippen molar-refractivity contribution in [2.24, 2.45) is 5.92 Å². The van der Waals surface area contributed by atoms with Gasteiger partial charge in [0, 0.05) is 11.6 Å². The van der Waals surface area contributed by atoms with E-state index in [0.29, 0.717) is 35.6 Å². The van der Waals surface area contributed by atoms with Crippen molar-refractivity contribution in [3.05, 3.63) is 23.8 Å². The summed E-state index contributed by atoms with van der Waals surface area (Å²) < 4.78 is 10.8. The molecule has 1 amide bonds. The van der Waals surface area contributed by atoms with Crippen molar-refractivity contribution in [3.8, 4) is 11.5 Å². The maximum absolute atomic E-state index is 12.6. The van der Waals surface area contributed by atoms with Crippen LogP contribution in [0.2, 0.25) is 0 Å². The van der Waals surface area contributed by atoms with Gasteiger partial charge in [0.15, 0.2) is 11.5 Å². The third-order valence-electron chi connectivity index (χ3n) is 4.63. The monoisotopic (exact) mass is 319 g/mol. The zero-order valence-electron chi connectivity index (χ0n) is 14.6. The van der Waals surface area contributed by atoms with Gasteiger partial charge in [-0.3, -0.25) is 4.79 Å². The molecule has 23 heavy (non-hydrogen) atoms. The fourth-order valence-electron chi connectivity index (χ4n) is 3.38. The van der Waals surface area contributed by atoms with E-state index in [1.54, 1.807) is 25.3 Å². The third kappa shape index (κ3) is 4.63. The number of ether oxygens (including phenoxy) is 2. The molecule has 1 fully saturated rings. The highest BCUT2D eigenvalue weighted by molar-refractivity contribution is 5.95. The average Bonchev–Trinajstić information content (AvgIpc) is 3.00. The van der Waals surface area contributed by atoms with Crippen LogP contribution in [-0.2, 0) is 0 Å². The fraction of sp³-hybridized carbons (Fsp3) is 0.632. The van der Waals surface area contributed by atoms with Crippen molar-refractivity contribution < 1.29 is 14.3 Å². The van der Waals surface area contributed by atoms with Crippen molar-refractivity contribution in [1.82, 2.24) is 5.32 Å². The van der Waals surface area contributed by atoms with Gasteiger partial charge >= 0.3 is 0 Å². The molecule has 1 N–H and O–H groups in total. The number of unbranched alkanes of at least 4 members (excludes halogenated alkanes) is 1. The summed E-state index contributed by atoms with van der Waals surface area (Å²) in [5, 5.41) is 3.23. The molecule has 0 aliphatic heterocycles. The van der Waals surface area contributed by atoms with E-state index in [4.69, 9.17) is 9.47 Å². The molecule has 128 valence electrons. The van der Waals surface area contributed by atoms with Crippen LogP contribution in [0, 0.1) is 5.92 Å². The highest BCUT2D eigenvalue weighted by atomic mass is 16.5. The Morgan fingerprint density at radius 1 is 1.26 bits per heavy atom. The predicted molar refractivity (Wildman–Crippen MR) is 92.3 cm³/mol. The average molecular weight is 319 g/mol. The van der Waals surface area contributed by atoms with E-state index in [0.717, 1.165) is 6.42 Å². The van der Waals surface area contributed by atoms with E-state index in [2.05, 4.69) is 12.2 Å². The molecule has 0 heterocycles. The number of methoxy groups -OCH3 is 1. The first-order valence-corrected chi connectivity index (χ1v) is 8.81. The van der Waals surface area contributed by atoms with Crippen molar-refractivity contribution in [2.45, 2.75) is 58.4 Å². The molecule has 2 unspecified atom stereocenters. The zero-order valence-corrected chi connectivity index (χ0v) is 14.6. The second-order valence-corrected chi connectivity index (χ2v) is 6.21. The van der Waals surface area contributed by atoms with E-state index in [-0.39, 0.29) is 5.91 Å². The van der Waals surface area contributed by atoms with Crippen LogP contribution < -0.4 is 14.8 Å². The second kappa shape index (κ2) is 8.80. The number of nitrogens with one attached hydrogen (secondary N) is 1. The summed E-state index contributed by atoms with van der Waals surface area (Å²) in [6.45, 7) is 4.68. The first kappa shape index (κ1) is 17.6. The van der Waals surface area contributed by atoms with Crippen LogP contribution in [0.1, 0.15) is 62.7 Å². The maximum Gasteiger partial charge on any atom is 0.251 e. The van der Waals surface area contributed by atoms with Crippen LogP contribution in [0.15, 0.2) is 18.2 Å². The minimum atomic E-state index is -0.0120. The summed E-state index contributed by atoms with van der Waals surface area (Å²) in [5.41, 5.74) is 0.635. The van der Waals surface area contributed by atoms with Gasteiger partial charge in [-0.2, -0.15) is 0 Å². The molecule has 1 aromatic rings. The fourth-order valence-corrected chi connectivity index (χ4v) is 3.38. The lowest BCUT2D eigenvalue weighted by molar-refractivity contribution is 0.0926. The molecule has 4 heteroatoms. The standard InChI is InChI=1S/C19H29NO3/c1-4-6-8-14-9-7-10-16(14)20-19(21)15-11-12-17(22-3)18(13-15)23-5-2/h11-14,16H,4-10H2,1-3H3,(H,20,21). The van der Waals surface area contributed by atoms with Crippen molar-refractivity contribution >= 4 is 5.91 Å². The summed E-state index contributed by atoms with van der Waals surface area (Å²) in [6.07, 6.45) is 7.22. The number of rotatable bonds is 8. The number of amides is 1. The smallest absolute Gasteiger partial charge is 0.251 e. The quantitative estimate of drug-likeness (QED) is 0.782. The molecular weight excluding hydrogens is 290 g/mol. The Morgan fingerprint density at radius 2 is 2.09 bits per heavy atom. The highest BCUT2D eigenvalue weighted by Crippen LogP contribution is 2.31. The number of benzene rings is 1. The predicted octanol–water partition coefficient (Wildman–Crippen LogP) is 4.18. The van der Waals surface area contributed by atoms with Crippen LogP contribution >= 0.6 is 0 Å². The van der Waals surface area contributed by atoms with Crippen LogP contribution in [0.25, 0.3) is 0 Å². The molecule has 4 nitrogen and oxygen atoms in total. The van der Waals surface area contributed by atoms with E-state index in [1.807, 2.05) is 6.92 Å². The minimum absolute atomic E-state index is 0.0120. The topological polar surface area (TPSA) is 47.6 Å². The van der Waals surface area contributed by atoms with Gasteiger partial charge in [0.1, 0.15) is 0 Å². The molecular formula is C19H29NO3. The van der Waals surface area contributed by atoms with Gasteiger partial charge in [0.05, 0.1) is 13.7 Å². The lowest BCUT2D eigenvalue weighted by Crippen LogP contribution is -2.37. The van der Waals surface area contributed by atoms with E-state index in [9.17, 15) is 4.79 Å². The summed E-state index contributed by atoms with van der Waals surface area (Å²) in [5.74, 6) is 1.90. The van der Waals surface area contributed by atoms with Gasteiger partial charge in [-0.15, -0.1) is 0 Å². The molecule has 0 spiro atoms. The Kier molecular flexibility index (Phi) is 6.75. The van der Waals surface area contributed by atoms with Crippen LogP contribution in [-0.4, -0.2) is 25.7 Å². The van der Waals surface area contributed by atoms with Crippen molar-refractivity contribution in [3.63, 3.8) is 0 Å². The van der Waals surface area contributed by atoms with Gasteiger partial charge in [-0.05, 0) is 50.3 Å². The number of hydrogen-bond acceptors (Lipinski definition) is 3. The molecule has 2 rings (SSSR count). The number of carbonyl (C=O) groups is 1. The van der Waals surface area contributed by atoms with Gasteiger partial charge in [-0.25, -0.2) is 0 Å². The minimum Gasteiger partial charge on any atom is -0.493 e. The van der Waals surface area contributed by atoms with Crippen LogP contribution in [0.4, 0.5) is 0 Å². The maximum atomic E-state index is 12.6. The summed E-state index contributed by atoms with van der Waals surface area (Å²) in [7, 11) is 1.61. The summed E-state index contributed by atoms with van der Waals surface area (Å²) >= 11 is 0. The van der Waals surface area contributed by atoms with Crippen LogP contribution in [0.3, 0.4) is 0 Å². The molecule has 2 atom stereocenters. The molecule has 0 bridgehead atoms. The SMILES string of the molecule is CCCCC1CCCC1NC(=O)c1ccc(OC)c(OCC)c1. The van der Waals surface area contributed by atoms with Gasteiger partial charge < -0.3 is 14.8 Å². The second-order valence-electron chi connectivity index (χ2n) is 6.21. The summed E-state index contributed by atoms with van der Waals surface area (Å²) in [4.78, 5) is 12.6. The summed E-state index contributed by atoms with van der Waals surface area (Å²) in [6, 6.07) is 5.68. The lowest BCUT2D eigenvalue weighted by atomic mass is 9.96. The normalized spacial score (nSPS) is 20.3. The Balaban J connectivity index is 2.03. The lowest BCUT2D eigenvalue weighted by Gasteiger charge is -2.21. The molecule has 1 aromatic carbocycles. The van der Waals surface area contributed by atoms with Crippen molar-refractivity contribution in [1.29, 1.82) is 0 Å². The first-order chi connectivity index (χ1) is 11.2. The zero-order chi connectivity index (χ0) is 16.7. The Hall–Kier alpha value is -1.71. The number of hydrogen-bond donors (Lipinski definition) is 1. The van der Waals surface area contributed by atoms with E-state index >= 15 is 0 Å². The number of carbonyl (C=O) groups excluding carboxylic acids is 1. The van der Waals surface area contributed by atoms with Crippen LogP contribution in [0.5, 0.6) is 11.5 Å². The Bertz CT molecular complexity index is 515. The Labute approximate surface area is 139 Å². The highest BCUT2D eigenvalue weighted by Gasteiger charge is 2.28. The van der Waals surface area contributed by atoms with Gasteiger partial charge in [0.25, 0.3) is 5.91 Å². The van der Waals surface area contributed by atoms with E-state index < -0.39 is 0 Å². The largest absolute Gasteiger partial charge is 0.493 e. The van der Waals surface area contributed by atoms with Crippen molar-refractivity contribution in [2.75, 3.05) is 13.7 Å². The molecule has 1 aliphatic rings. The Morgan fingerprint density at radius 3 is 2.78 bits per heavy atom. The third-order valence-corrected chi connectivity index (χ3v) is 4.63. The molecule has 1 aliphatic carbocycles. The molecule has 1 saturated carbocycles.